The fraction of sp³-hybridized carbons (Fsp3) is 0.250. The lowest BCUT2D eigenvalue weighted by atomic mass is 10.2. The van der Waals surface area contributed by atoms with E-state index in [9.17, 15) is 9.59 Å². The average molecular weight is 247 g/mol. The molecule has 6 heteroatoms. The van der Waals surface area contributed by atoms with Gasteiger partial charge >= 0.3 is 5.97 Å². The summed E-state index contributed by atoms with van der Waals surface area (Å²) < 4.78 is 0. The topological polar surface area (TPSA) is 95.1 Å². The monoisotopic (exact) mass is 247 g/mol. The third-order valence-electron chi connectivity index (χ3n) is 2.55. The number of nitrogens with zero attached hydrogens (tertiary/aromatic N) is 1. The van der Waals surface area contributed by atoms with E-state index in [4.69, 9.17) is 5.11 Å². The number of hydrogen-bond donors (Lipinski definition) is 3. The van der Waals surface area contributed by atoms with E-state index in [0.29, 0.717) is 12.1 Å². The number of aromatic nitrogens is 2. The van der Waals surface area contributed by atoms with Crippen LogP contribution >= 0.6 is 0 Å². The van der Waals surface area contributed by atoms with Crippen LogP contribution in [0.2, 0.25) is 0 Å². The molecule has 0 spiro atoms. The van der Waals surface area contributed by atoms with Crippen LogP contribution in [-0.4, -0.2) is 27.2 Å². The maximum absolute atomic E-state index is 11.6. The number of rotatable bonds is 5. The first-order valence-electron chi connectivity index (χ1n) is 5.60. The van der Waals surface area contributed by atoms with Crippen LogP contribution < -0.4 is 5.32 Å². The maximum atomic E-state index is 11.6. The summed E-state index contributed by atoms with van der Waals surface area (Å²) in [5.41, 5.74) is 1.53. The Morgan fingerprint density at radius 2 is 2.17 bits per heavy atom. The van der Waals surface area contributed by atoms with E-state index >= 15 is 0 Å². The summed E-state index contributed by atoms with van der Waals surface area (Å²) in [6, 6.07) is 5.46. The zero-order valence-electron chi connectivity index (χ0n) is 9.64. The molecule has 0 saturated heterocycles. The second kappa shape index (κ2) is 5.31. The van der Waals surface area contributed by atoms with Crippen molar-refractivity contribution in [1.82, 2.24) is 10.2 Å². The predicted molar refractivity (Wildman–Crippen MR) is 66.2 cm³/mol. The van der Waals surface area contributed by atoms with E-state index in [2.05, 4.69) is 15.5 Å². The summed E-state index contributed by atoms with van der Waals surface area (Å²) in [6.45, 7) is 0. The highest BCUT2D eigenvalue weighted by Gasteiger charge is 2.07. The smallest absolute Gasteiger partial charge is 0.303 e. The zero-order valence-corrected chi connectivity index (χ0v) is 9.64. The first kappa shape index (κ1) is 12.1. The van der Waals surface area contributed by atoms with Crippen LogP contribution in [0, 0.1) is 0 Å². The van der Waals surface area contributed by atoms with Crippen molar-refractivity contribution in [2.45, 2.75) is 19.3 Å². The van der Waals surface area contributed by atoms with E-state index in [-0.39, 0.29) is 18.7 Å². The molecule has 18 heavy (non-hydrogen) atoms. The third kappa shape index (κ3) is 2.85. The van der Waals surface area contributed by atoms with Gasteiger partial charge in [0.1, 0.15) is 0 Å². The maximum Gasteiger partial charge on any atom is 0.303 e. The molecule has 0 aliphatic rings. The minimum atomic E-state index is -0.889. The van der Waals surface area contributed by atoms with Crippen molar-refractivity contribution in [2.75, 3.05) is 5.32 Å². The molecular weight excluding hydrogens is 234 g/mol. The van der Waals surface area contributed by atoms with E-state index in [0.717, 1.165) is 10.9 Å². The molecule has 0 radical (unpaired) electrons. The lowest BCUT2D eigenvalue weighted by Gasteiger charge is -2.05. The molecule has 1 aromatic carbocycles. The van der Waals surface area contributed by atoms with E-state index < -0.39 is 5.97 Å². The Morgan fingerprint density at radius 1 is 1.33 bits per heavy atom. The molecule has 2 rings (SSSR count). The summed E-state index contributed by atoms with van der Waals surface area (Å²) in [6.07, 6.45) is 2.18. The Kier molecular flexibility index (Phi) is 3.57. The highest BCUT2D eigenvalue weighted by molar-refractivity contribution is 6.00. The van der Waals surface area contributed by atoms with E-state index in [1.54, 1.807) is 12.3 Å². The number of aliphatic carboxylic acids is 1. The van der Waals surface area contributed by atoms with E-state index in [1.165, 1.54) is 0 Å². The summed E-state index contributed by atoms with van der Waals surface area (Å²) in [5, 5.41) is 18.8. The van der Waals surface area contributed by atoms with Crippen molar-refractivity contribution in [3.8, 4) is 0 Å². The van der Waals surface area contributed by atoms with Crippen LogP contribution in [0.4, 0.5) is 5.69 Å². The number of fused-ring (bicyclic) bond motifs is 1. The van der Waals surface area contributed by atoms with Crippen molar-refractivity contribution in [1.29, 1.82) is 0 Å². The number of carbonyl (C=O) groups is 2. The van der Waals surface area contributed by atoms with Crippen LogP contribution in [-0.2, 0) is 9.59 Å². The first-order valence-corrected chi connectivity index (χ1v) is 5.60. The SMILES string of the molecule is O=C(O)CCCC(=O)Nc1cccc2[nH]ncc12. The Hall–Kier alpha value is -2.37. The molecule has 0 bridgehead atoms. The van der Waals surface area contributed by atoms with Crippen LogP contribution in [0.5, 0.6) is 0 Å². The number of benzene rings is 1. The lowest BCUT2D eigenvalue weighted by Crippen LogP contribution is -2.12. The predicted octanol–water partition coefficient (Wildman–Crippen LogP) is 1.76. The van der Waals surface area contributed by atoms with Crippen LogP contribution in [0.1, 0.15) is 19.3 Å². The van der Waals surface area contributed by atoms with Gasteiger partial charge in [0.05, 0.1) is 17.4 Å². The minimum absolute atomic E-state index is 0.00330. The molecule has 0 fully saturated rings. The van der Waals surface area contributed by atoms with Crippen LogP contribution in [0.15, 0.2) is 24.4 Å². The van der Waals surface area contributed by atoms with Crippen molar-refractivity contribution in [3.05, 3.63) is 24.4 Å². The molecule has 0 unspecified atom stereocenters. The fourth-order valence-electron chi connectivity index (χ4n) is 1.69. The van der Waals surface area contributed by atoms with E-state index in [1.807, 2.05) is 12.1 Å². The van der Waals surface area contributed by atoms with Gasteiger partial charge in [-0.15, -0.1) is 0 Å². The molecule has 0 saturated carbocycles. The van der Waals surface area contributed by atoms with Gasteiger partial charge in [-0.25, -0.2) is 0 Å². The number of H-pyrrole nitrogens is 1. The molecule has 2 aromatic rings. The Balaban J connectivity index is 1.98. The summed E-state index contributed by atoms with van der Waals surface area (Å²) in [5.74, 6) is -1.08. The van der Waals surface area contributed by atoms with Crippen molar-refractivity contribution in [2.24, 2.45) is 0 Å². The van der Waals surface area contributed by atoms with Gasteiger partial charge in [-0.2, -0.15) is 5.10 Å². The highest BCUT2D eigenvalue weighted by Crippen LogP contribution is 2.21. The number of aromatic amines is 1. The van der Waals surface area contributed by atoms with Gasteiger partial charge in [0, 0.05) is 18.2 Å². The van der Waals surface area contributed by atoms with Crippen molar-refractivity contribution in [3.63, 3.8) is 0 Å². The summed E-state index contributed by atoms with van der Waals surface area (Å²) in [7, 11) is 0. The molecule has 1 aromatic heterocycles. The Bertz CT molecular complexity index is 577. The average Bonchev–Trinajstić information content (AvgIpc) is 2.77. The van der Waals surface area contributed by atoms with Crippen LogP contribution in [0.25, 0.3) is 10.9 Å². The number of anilines is 1. The first-order chi connectivity index (χ1) is 8.66. The minimum Gasteiger partial charge on any atom is -0.481 e. The molecule has 1 heterocycles. The molecule has 0 atom stereocenters. The second-order valence-electron chi connectivity index (χ2n) is 3.93. The van der Waals surface area contributed by atoms with Gasteiger partial charge in [0.25, 0.3) is 0 Å². The number of nitrogens with one attached hydrogen (secondary N) is 2. The fourth-order valence-corrected chi connectivity index (χ4v) is 1.69. The number of carbonyl (C=O) groups excluding carboxylic acids is 1. The van der Waals surface area contributed by atoms with Gasteiger partial charge in [-0.05, 0) is 18.6 Å². The summed E-state index contributed by atoms with van der Waals surface area (Å²) >= 11 is 0. The van der Waals surface area contributed by atoms with Gasteiger partial charge in [0.15, 0.2) is 0 Å². The van der Waals surface area contributed by atoms with Crippen molar-refractivity contribution >= 4 is 28.5 Å². The molecule has 94 valence electrons. The summed E-state index contributed by atoms with van der Waals surface area (Å²) in [4.78, 5) is 22.0. The molecular formula is C12H13N3O3. The number of hydrogen-bond acceptors (Lipinski definition) is 3. The normalized spacial score (nSPS) is 10.4. The Labute approximate surface area is 103 Å². The van der Waals surface area contributed by atoms with Crippen LogP contribution in [0.3, 0.4) is 0 Å². The van der Waals surface area contributed by atoms with Gasteiger partial charge in [-0.1, -0.05) is 6.07 Å². The Morgan fingerprint density at radius 3 is 2.94 bits per heavy atom. The molecule has 3 N–H and O–H groups in total. The second-order valence-corrected chi connectivity index (χ2v) is 3.93. The quantitative estimate of drug-likeness (QED) is 0.750. The van der Waals surface area contributed by atoms with Gasteiger partial charge in [-0.3, -0.25) is 14.7 Å². The van der Waals surface area contributed by atoms with Gasteiger partial charge < -0.3 is 10.4 Å². The molecule has 6 nitrogen and oxygen atoms in total. The number of carboxylic acids is 1. The largest absolute Gasteiger partial charge is 0.481 e. The molecule has 1 amide bonds. The highest BCUT2D eigenvalue weighted by atomic mass is 16.4. The molecule has 0 aliphatic heterocycles. The number of carboxylic acid groups (broad SMARTS) is 1. The lowest BCUT2D eigenvalue weighted by molar-refractivity contribution is -0.137. The standard InChI is InChI=1S/C12H13N3O3/c16-11(5-2-6-12(17)18)14-9-3-1-4-10-8(9)7-13-15-10/h1,3-4,7H,2,5-6H2,(H,13,15)(H,14,16)(H,17,18). The third-order valence-corrected chi connectivity index (χ3v) is 2.55. The zero-order chi connectivity index (χ0) is 13.0. The van der Waals surface area contributed by atoms with Crippen molar-refractivity contribution < 1.29 is 14.7 Å². The molecule has 0 aliphatic carbocycles. The van der Waals surface area contributed by atoms with Gasteiger partial charge in [0.2, 0.25) is 5.91 Å². The number of amides is 1.